The molecule has 2 rings (SSSR count). The van der Waals surface area contributed by atoms with E-state index in [2.05, 4.69) is 42.2 Å². The standard InChI is InChI=1S/C16H30N4O/c1-5-8-17-15(14-7-9-19(4)18-14)16(3,6-2)20-10-12-21-13-11-20/h7,9,15,17H,5-6,8,10-13H2,1-4H3. The molecule has 0 saturated carbocycles. The van der Waals surface area contributed by atoms with Crippen molar-refractivity contribution in [3.8, 4) is 0 Å². The molecule has 2 heterocycles. The Morgan fingerprint density at radius 2 is 2.10 bits per heavy atom. The predicted molar refractivity (Wildman–Crippen MR) is 85.3 cm³/mol. The summed E-state index contributed by atoms with van der Waals surface area (Å²) in [7, 11) is 1.98. The van der Waals surface area contributed by atoms with Crippen LogP contribution in [-0.4, -0.2) is 53.1 Å². The van der Waals surface area contributed by atoms with Crippen LogP contribution in [0.5, 0.6) is 0 Å². The number of aromatic nitrogens is 2. The number of aryl methyl sites for hydroxylation is 1. The van der Waals surface area contributed by atoms with Gasteiger partial charge < -0.3 is 10.1 Å². The minimum atomic E-state index is 0.0628. The highest BCUT2D eigenvalue weighted by Crippen LogP contribution is 2.34. The fourth-order valence-corrected chi connectivity index (χ4v) is 3.20. The van der Waals surface area contributed by atoms with Crippen molar-refractivity contribution in [1.82, 2.24) is 20.0 Å². The van der Waals surface area contributed by atoms with Gasteiger partial charge in [0.1, 0.15) is 0 Å². The fraction of sp³-hybridized carbons (Fsp3) is 0.812. The molecule has 1 aliphatic heterocycles. The van der Waals surface area contributed by atoms with Gasteiger partial charge >= 0.3 is 0 Å². The van der Waals surface area contributed by atoms with E-state index in [9.17, 15) is 0 Å². The largest absolute Gasteiger partial charge is 0.379 e. The van der Waals surface area contributed by atoms with E-state index >= 15 is 0 Å². The summed E-state index contributed by atoms with van der Waals surface area (Å²) in [5, 5.41) is 8.40. The molecule has 1 N–H and O–H groups in total. The summed E-state index contributed by atoms with van der Waals surface area (Å²) in [4.78, 5) is 2.57. The van der Waals surface area contributed by atoms with Crippen molar-refractivity contribution in [2.45, 2.75) is 45.2 Å². The molecule has 1 fully saturated rings. The molecule has 0 amide bonds. The molecule has 120 valence electrons. The average molecular weight is 294 g/mol. The van der Waals surface area contributed by atoms with E-state index in [1.54, 1.807) is 0 Å². The van der Waals surface area contributed by atoms with Gasteiger partial charge in [-0.3, -0.25) is 9.58 Å². The van der Waals surface area contributed by atoms with E-state index < -0.39 is 0 Å². The zero-order chi connectivity index (χ0) is 15.3. The molecule has 1 saturated heterocycles. The Balaban J connectivity index is 2.26. The van der Waals surface area contributed by atoms with Gasteiger partial charge in [0.25, 0.3) is 0 Å². The topological polar surface area (TPSA) is 42.3 Å². The average Bonchev–Trinajstić information content (AvgIpc) is 2.94. The molecule has 1 aromatic heterocycles. The summed E-state index contributed by atoms with van der Waals surface area (Å²) in [5.41, 5.74) is 1.20. The van der Waals surface area contributed by atoms with Gasteiger partial charge in [0, 0.05) is 31.9 Å². The highest BCUT2D eigenvalue weighted by molar-refractivity contribution is 5.14. The lowest BCUT2D eigenvalue weighted by atomic mass is 9.84. The van der Waals surface area contributed by atoms with Gasteiger partial charge in [-0.15, -0.1) is 0 Å². The summed E-state index contributed by atoms with van der Waals surface area (Å²) in [6.45, 7) is 11.5. The number of rotatable bonds is 7. The zero-order valence-corrected chi connectivity index (χ0v) is 13.9. The highest BCUT2D eigenvalue weighted by atomic mass is 16.5. The predicted octanol–water partition coefficient (Wildman–Crippen LogP) is 1.96. The normalized spacial score (nSPS) is 21.1. The van der Waals surface area contributed by atoms with Crippen molar-refractivity contribution in [2.75, 3.05) is 32.8 Å². The first-order chi connectivity index (χ1) is 10.1. The van der Waals surface area contributed by atoms with Crippen LogP contribution < -0.4 is 5.32 Å². The van der Waals surface area contributed by atoms with Crippen molar-refractivity contribution >= 4 is 0 Å². The first-order valence-electron chi connectivity index (χ1n) is 8.17. The van der Waals surface area contributed by atoms with Crippen LogP contribution in [0, 0.1) is 0 Å². The Morgan fingerprint density at radius 1 is 1.38 bits per heavy atom. The van der Waals surface area contributed by atoms with E-state index in [-0.39, 0.29) is 11.6 Å². The number of ether oxygens (including phenoxy) is 1. The molecule has 1 aliphatic rings. The van der Waals surface area contributed by atoms with E-state index in [1.807, 2.05) is 17.9 Å². The molecule has 0 spiro atoms. The number of hydrogen-bond donors (Lipinski definition) is 1. The third-order valence-electron chi connectivity index (χ3n) is 4.70. The van der Waals surface area contributed by atoms with E-state index in [0.717, 1.165) is 51.4 Å². The Kier molecular flexibility index (Phi) is 5.79. The maximum Gasteiger partial charge on any atom is 0.0812 e. The Labute approximate surface area is 128 Å². The lowest BCUT2D eigenvalue weighted by Gasteiger charge is -2.47. The van der Waals surface area contributed by atoms with Crippen LogP contribution in [0.1, 0.15) is 45.3 Å². The van der Waals surface area contributed by atoms with Crippen molar-refractivity contribution < 1.29 is 4.74 Å². The molecule has 0 aliphatic carbocycles. The second-order valence-corrected chi connectivity index (χ2v) is 6.11. The van der Waals surface area contributed by atoms with Gasteiger partial charge in [0.15, 0.2) is 0 Å². The zero-order valence-electron chi connectivity index (χ0n) is 13.9. The van der Waals surface area contributed by atoms with Crippen LogP contribution in [0.3, 0.4) is 0 Å². The smallest absolute Gasteiger partial charge is 0.0812 e. The molecule has 1 aromatic rings. The molecule has 2 unspecified atom stereocenters. The fourth-order valence-electron chi connectivity index (χ4n) is 3.20. The van der Waals surface area contributed by atoms with Gasteiger partial charge in [-0.25, -0.2) is 0 Å². The molecule has 5 nitrogen and oxygen atoms in total. The monoisotopic (exact) mass is 294 g/mol. The second-order valence-electron chi connectivity index (χ2n) is 6.11. The number of nitrogens with one attached hydrogen (secondary N) is 1. The van der Waals surface area contributed by atoms with E-state index in [4.69, 9.17) is 4.74 Å². The minimum absolute atomic E-state index is 0.0628. The quantitative estimate of drug-likeness (QED) is 0.835. The number of nitrogens with zero attached hydrogens (tertiary/aromatic N) is 3. The summed E-state index contributed by atoms with van der Waals surface area (Å²) < 4.78 is 7.42. The van der Waals surface area contributed by atoms with E-state index in [0.29, 0.717) is 0 Å². The molecular formula is C16H30N4O. The van der Waals surface area contributed by atoms with Gasteiger partial charge in [-0.05, 0) is 32.4 Å². The third-order valence-corrected chi connectivity index (χ3v) is 4.70. The van der Waals surface area contributed by atoms with Crippen LogP contribution >= 0.6 is 0 Å². The van der Waals surface area contributed by atoms with Crippen LogP contribution in [0.15, 0.2) is 12.3 Å². The molecule has 5 heteroatoms. The molecule has 21 heavy (non-hydrogen) atoms. The molecule has 2 atom stereocenters. The molecule has 0 aromatic carbocycles. The molecular weight excluding hydrogens is 264 g/mol. The van der Waals surface area contributed by atoms with E-state index in [1.165, 1.54) is 0 Å². The molecule has 0 radical (unpaired) electrons. The van der Waals surface area contributed by atoms with Crippen LogP contribution in [0.25, 0.3) is 0 Å². The Hall–Kier alpha value is -0.910. The summed E-state index contributed by atoms with van der Waals surface area (Å²) in [6, 6.07) is 2.39. The maximum absolute atomic E-state index is 5.53. The first-order valence-corrected chi connectivity index (χ1v) is 8.17. The van der Waals surface area contributed by atoms with Crippen molar-refractivity contribution in [2.24, 2.45) is 7.05 Å². The SMILES string of the molecule is CCCNC(c1ccn(C)n1)C(C)(CC)N1CCOCC1. The Morgan fingerprint density at radius 3 is 2.62 bits per heavy atom. The molecule has 0 bridgehead atoms. The minimum Gasteiger partial charge on any atom is -0.379 e. The summed E-state index contributed by atoms with van der Waals surface area (Å²) in [6.07, 6.45) is 4.25. The summed E-state index contributed by atoms with van der Waals surface area (Å²) in [5.74, 6) is 0. The summed E-state index contributed by atoms with van der Waals surface area (Å²) >= 11 is 0. The highest BCUT2D eigenvalue weighted by Gasteiger charge is 2.40. The second kappa shape index (κ2) is 7.38. The van der Waals surface area contributed by atoms with Crippen molar-refractivity contribution in [1.29, 1.82) is 0 Å². The van der Waals surface area contributed by atoms with Gasteiger partial charge in [0.2, 0.25) is 0 Å². The van der Waals surface area contributed by atoms with Crippen molar-refractivity contribution in [3.63, 3.8) is 0 Å². The lowest BCUT2D eigenvalue weighted by molar-refractivity contribution is -0.0335. The third kappa shape index (κ3) is 3.65. The first kappa shape index (κ1) is 16.5. The van der Waals surface area contributed by atoms with Gasteiger partial charge in [0.05, 0.1) is 24.9 Å². The van der Waals surface area contributed by atoms with Crippen LogP contribution in [0.2, 0.25) is 0 Å². The van der Waals surface area contributed by atoms with Gasteiger partial charge in [-0.1, -0.05) is 13.8 Å². The number of morpholine rings is 1. The lowest BCUT2D eigenvalue weighted by Crippen LogP contribution is -2.57. The van der Waals surface area contributed by atoms with Crippen molar-refractivity contribution in [3.05, 3.63) is 18.0 Å². The number of hydrogen-bond acceptors (Lipinski definition) is 4. The maximum atomic E-state index is 5.53. The van der Waals surface area contributed by atoms with Crippen LogP contribution in [-0.2, 0) is 11.8 Å². The van der Waals surface area contributed by atoms with Crippen LogP contribution in [0.4, 0.5) is 0 Å². The Bertz CT molecular complexity index is 428. The van der Waals surface area contributed by atoms with Gasteiger partial charge in [-0.2, -0.15) is 5.10 Å².